The fourth-order valence-corrected chi connectivity index (χ4v) is 3.56. The zero-order valence-corrected chi connectivity index (χ0v) is 11.4. The van der Waals surface area contributed by atoms with Crippen molar-refractivity contribution in [1.82, 2.24) is 4.90 Å². The summed E-state index contributed by atoms with van der Waals surface area (Å²) in [6.07, 6.45) is 2.92. The molecular formula is C14H18N2OS. The zero-order chi connectivity index (χ0) is 12.5. The normalized spacial score (nSPS) is 20.0. The smallest absolute Gasteiger partial charge is 0.118 e. The molecule has 1 aliphatic rings. The Labute approximate surface area is 111 Å². The van der Waals surface area contributed by atoms with Crippen molar-refractivity contribution in [3.8, 4) is 0 Å². The summed E-state index contributed by atoms with van der Waals surface area (Å²) in [6.45, 7) is 4.80. The first-order chi connectivity index (χ1) is 8.78. The fraction of sp³-hybridized carbons (Fsp3) is 0.429. The summed E-state index contributed by atoms with van der Waals surface area (Å²) in [5, 5.41) is 2.20. The number of hydrogen-bond acceptors (Lipinski definition) is 4. The van der Waals surface area contributed by atoms with Crippen LogP contribution in [0.15, 0.2) is 28.2 Å². The van der Waals surface area contributed by atoms with E-state index in [1.54, 1.807) is 11.1 Å². The summed E-state index contributed by atoms with van der Waals surface area (Å²) in [6, 6.07) is 4.80. The van der Waals surface area contributed by atoms with Crippen LogP contribution in [0.3, 0.4) is 0 Å². The van der Waals surface area contributed by atoms with E-state index in [1.165, 1.54) is 5.56 Å². The molecule has 0 aromatic carbocycles. The van der Waals surface area contributed by atoms with Crippen LogP contribution in [0.25, 0.3) is 0 Å². The number of nitrogens with two attached hydrogens (primary N) is 1. The average molecular weight is 262 g/mol. The number of rotatable bonds is 3. The summed E-state index contributed by atoms with van der Waals surface area (Å²) >= 11 is 1.88. The van der Waals surface area contributed by atoms with Crippen molar-refractivity contribution in [1.29, 1.82) is 0 Å². The van der Waals surface area contributed by atoms with Gasteiger partial charge in [0, 0.05) is 29.6 Å². The second-order valence-electron chi connectivity index (χ2n) is 4.82. The second-order valence-corrected chi connectivity index (χ2v) is 5.82. The molecule has 0 saturated heterocycles. The molecule has 18 heavy (non-hydrogen) atoms. The molecule has 0 bridgehead atoms. The third-order valence-corrected chi connectivity index (χ3v) is 4.70. The SMILES string of the molecule is CC1c2ccsc2CCN1Cc1cc(CN)co1. The third-order valence-electron chi connectivity index (χ3n) is 3.71. The van der Waals surface area contributed by atoms with Gasteiger partial charge in [-0.3, -0.25) is 4.90 Å². The minimum atomic E-state index is 0.478. The van der Waals surface area contributed by atoms with Gasteiger partial charge in [-0.2, -0.15) is 0 Å². The van der Waals surface area contributed by atoms with Crippen molar-refractivity contribution in [2.75, 3.05) is 6.54 Å². The van der Waals surface area contributed by atoms with Gasteiger partial charge in [-0.1, -0.05) is 0 Å². The molecule has 1 atom stereocenters. The number of hydrogen-bond donors (Lipinski definition) is 1. The fourth-order valence-electron chi connectivity index (χ4n) is 2.59. The maximum atomic E-state index is 5.60. The standard InChI is InChI=1S/C14H18N2OS/c1-10-13-3-5-18-14(13)2-4-16(10)8-12-6-11(7-15)9-17-12/h3,5-6,9-10H,2,4,7-8,15H2,1H3. The number of thiophene rings is 1. The lowest BCUT2D eigenvalue weighted by Gasteiger charge is -2.32. The Balaban J connectivity index is 1.74. The van der Waals surface area contributed by atoms with Gasteiger partial charge in [-0.05, 0) is 36.4 Å². The lowest BCUT2D eigenvalue weighted by atomic mass is 10.0. The molecule has 0 fully saturated rings. The second kappa shape index (κ2) is 4.88. The molecule has 0 aliphatic carbocycles. The summed E-state index contributed by atoms with van der Waals surface area (Å²) < 4.78 is 5.56. The Morgan fingerprint density at radius 2 is 2.44 bits per heavy atom. The van der Waals surface area contributed by atoms with E-state index in [-0.39, 0.29) is 0 Å². The summed E-state index contributed by atoms with van der Waals surface area (Å²) in [5.74, 6) is 1.01. The van der Waals surface area contributed by atoms with Crippen LogP contribution in [-0.4, -0.2) is 11.4 Å². The molecule has 2 aromatic rings. The zero-order valence-electron chi connectivity index (χ0n) is 10.6. The molecule has 0 amide bonds. The van der Waals surface area contributed by atoms with E-state index in [4.69, 9.17) is 10.2 Å². The van der Waals surface area contributed by atoms with Crippen LogP contribution in [0.2, 0.25) is 0 Å². The van der Waals surface area contributed by atoms with Crippen LogP contribution in [0.5, 0.6) is 0 Å². The van der Waals surface area contributed by atoms with Gasteiger partial charge in [0.1, 0.15) is 5.76 Å². The van der Waals surface area contributed by atoms with Crippen LogP contribution < -0.4 is 5.73 Å². The van der Waals surface area contributed by atoms with Crippen molar-refractivity contribution in [2.45, 2.75) is 32.5 Å². The number of fused-ring (bicyclic) bond motifs is 1. The highest BCUT2D eigenvalue weighted by Crippen LogP contribution is 2.33. The average Bonchev–Trinajstić information content (AvgIpc) is 3.01. The van der Waals surface area contributed by atoms with E-state index >= 15 is 0 Å². The summed E-state index contributed by atoms with van der Waals surface area (Å²) in [5.41, 5.74) is 8.16. The van der Waals surface area contributed by atoms with Crippen LogP contribution in [0, 0.1) is 0 Å². The van der Waals surface area contributed by atoms with Gasteiger partial charge < -0.3 is 10.2 Å². The molecule has 2 N–H and O–H groups in total. The third kappa shape index (κ3) is 2.11. The van der Waals surface area contributed by atoms with Gasteiger partial charge in [0.05, 0.1) is 12.8 Å². The number of nitrogens with zero attached hydrogens (tertiary/aromatic N) is 1. The molecule has 3 nitrogen and oxygen atoms in total. The van der Waals surface area contributed by atoms with E-state index < -0.39 is 0 Å². The van der Waals surface area contributed by atoms with Crippen LogP contribution in [0.1, 0.15) is 34.7 Å². The molecule has 1 unspecified atom stereocenters. The Morgan fingerprint density at radius 3 is 3.22 bits per heavy atom. The highest BCUT2D eigenvalue weighted by Gasteiger charge is 2.25. The van der Waals surface area contributed by atoms with Crippen molar-refractivity contribution in [3.63, 3.8) is 0 Å². The maximum Gasteiger partial charge on any atom is 0.118 e. The molecule has 2 aromatic heterocycles. The molecule has 4 heteroatoms. The lowest BCUT2D eigenvalue weighted by Crippen LogP contribution is -2.32. The minimum Gasteiger partial charge on any atom is -0.468 e. The van der Waals surface area contributed by atoms with Gasteiger partial charge in [-0.15, -0.1) is 11.3 Å². The first-order valence-electron chi connectivity index (χ1n) is 6.34. The molecule has 3 heterocycles. The summed E-state index contributed by atoms with van der Waals surface area (Å²) in [7, 11) is 0. The molecule has 0 radical (unpaired) electrons. The van der Waals surface area contributed by atoms with Gasteiger partial charge in [0.2, 0.25) is 0 Å². The molecular weight excluding hydrogens is 244 g/mol. The summed E-state index contributed by atoms with van der Waals surface area (Å²) in [4.78, 5) is 4.01. The topological polar surface area (TPSA) is 42.4 Å². The van der Waals surface area contributed by atoms with E-state index in [0.717, 1.165) is 30.8 Å². The van der Waals surface area contributed by atoms with E-state index in [1.807, 2.05) is 11.3 Å². The van der Waals surface area contributed by atoms with Gasteiger partial charge in [0.15, 0.2) is 0 Å². The highest BCUT2D eigenvalue weighted by molar-refractivity contribution is 7.10. The van der Waals surface area contributed by atoms with Crippen LogP contribution >= 0.6 is 11.3 Å². The maximum absolute atomic E-state index is 5.60. The van der Waals surface area contributed by atoms with Gasteiger partial charge in [0.25, 0.3) is 0 Å². The Morgan fingerprint density at radius 1 is 1.56 bits per heavy atom. The first-order valence-corrected chi connectivity index (χ1v) is 7.22. The largest absolute Gasteiger partial charge is 0.468 e. The van der Waals surface area contributed by atoms with Crippen molar-refractivity contribution >= 4 is 11.3 Å². The van der Waals surface area contributed by atoms with Gasteiger partial charge >= 0.3 is 0 Å². The van der Waals surface area contributed by atoms with Crippen molar-refractivity contribution in [2.24, 2.45) is 5.73 Å². The van der Waals surface area contributed by atoms with E-state index in [9.17, 15) is 0 Å². The predicted molar refractivity (Wildman–Crippen MR) is 73.4 cm³/mol. The molecule has 0 spiro atoms. The Bertz CT molecular complexity index is 531. The Hall–Kier alpha value is -1.10. The predicted octanol–water partition coefficient (Wildman–Crippen LogP) is 2.92. The molecule has 3 rings (SSSR count). The lowest BCUT2D eigenvalue weighted by molar-refractivity contribution is 0.177. The molecule has 1 aliphatic heterocycles. The minimum absolute atomic E-state index is 0.478. The van der Waals surface area contributed by atoms with Crippen molar-refractivity contribution in [3.05, 3.63) is 45.5 Å². The Kier molecular flexibility index (Phi) is 3.24. The quantitative estimate of drug-likeness (QED) is 0.924. The van der Waals surface area contributed by atoms with E-state index in [0.29, 0.717) is 12.6 Å². The monoisotopic (exact) mass is 262 g/mol. The van der Waals surface area contributed by atoms with Crippen LogP contribution in [0.4, 0.5) is 0 Å². The van der Waals surface area contributed by atoms with Crippen LogP contribution in [-0.2, 0) is 19.5 Å². The van der Waals surface area contributed by atoms with E-state index in [2.05, 4.69) is 29.3 Å². The molecule has 0 saturated carbocycles. The van der Waals surface area contributed by atoms with Gasteiger partial charge in [-0.25, -0.2) is 0 Å². The van der Waals surface area contributed by atoms with Crippen molar-refractivity contribution < 1.29 is 4.42 Å². The first kappa shape index (κ1) is 12.0. The number of furan rings is 1. The highest BCUT2D eigenvalue weighted by atomic mass is 32.1. The molecule has 96 valence electrons.